The highest BCUT2D eigenvalue weighted by Crippen LogP contribution is 2.17. The number of hydrogen-bond acceptors (Lipinski definition) is 5. The minimum absolute atomic E-state index is 0.0247. The van der Waals surface area contributed by atoms with E-state index in [0.717, 1.165) is 44.0 Å². The Bertz CT molecular complexity index is 405. The van der Waals surface area contributed by atoms with E-state index in [0.29, 0.717) is 0 Å². The molecule has 0 saturated carbocycles. The van der Waals surface area contributed by atoms with Gasteiger partial charge in [0.15, 0.2) is 0 Å². The van der Waals surface area contributed by atoms with E-state index in [9.17, 15) is 4.79 Å². The van der Waals surface area contributed by atoms with Crippen LogP contribution < -0.4 is 11.1 Å². The molecule has 0 radical (unpaired) electrons. The Kier molecular flexibility index (Phi) is 4.09. The predicted molar refractivity (Wildman–Crippen MR) is 68.8 cm³/mol. The third kappa shape index (κ3) is 3.16. The summed E-state index contributed by atoms with van der Waals surface area (Å²) in [6.07, 6.45) is 5.39. The Morgan fingerprint density at radius 2 is 2.39 bits per heavy atom. The maximum atomic E-state index is 11.2. The molecule has 1 fully saturated rings. The molecule has 0 spiro atoms. The summed E-state index contributed by atoms with van der Waals surface area (Å²) in [6.45, 7) is 2.44. The number of piperidine rings is 1. The summed E-state index contributed by atoms with van der Waals surface area (Å²) >= 11 is 0. The molecule has 1 unspecified atom stereocenters. The molecule has 2 heterocycles. The van der Waals surface area contributed by atoms with Crippen LogP contribution in [0.2, 0.25) is 0 Å². The van der Waals surface area contributed by atoms with Gasteiger partial charge in [-0.25, -0.2) is 4.98 Å². The van der Waals surface area contributed by atoms with Gasteiger partial charge in [-0.3, -0.25) is 14.7 Å². The molecule has 1 aliphatic heterocycles. The van der Waals surface area contributed by atoms with Gasteiger partial charge in [-0.2, -0.15) is 0 Å². The van der Waals surface area contributed by atoms with Crippen LogP contribution in [-0.2, 0) is 11.3 Å². The monoisotopic (exact) mass is 249 g/mol. The molecular weight excluding hydrogens is 230 g/mol. The van der Waals surface area contributed by atoms with E-state index < -0.39 is 0 Å². The maximum absolute atomic E-state index is 11.2. The zero-order valence-corrected chi connectivity index (χ0v) is 10.6. The van der Waals surface area contributed by atoms with Crippen molar-refractivity contribution in [2.45, 2.75) is 19.4 Å². The SMILES string of the molecule is CNc1cnc(CN2CCCC(C(N)=O)C2)cn1. The first-order valence-corrected chi connectivity index (χ1v) is 6.19. The third-order valence-electron chi connectivity index (χ3n) is 3.25. The van der Waals surface area contributed by atoms with Crippen molar-refractivity contribution >= 4 is 11.7 Å². The molecule has 98 valence electrons. The van der Waals surface area contributed by atoms with Gasteiger partial charge in [-0.05, 0) is 19.4 Å². The number of hydrogen-bond donors (Lipinski definition) is 2. The molecule has 1 aliphatic rings. The van der Waals surface area contributed by atoms with Crippen molar-refractivity contribution in [2.75, 3.05) is 25.5 Å². The minimum atomic E-state index is -0.198. The molecular formula is C12H19N5O. The molecule has 1 amide bonds. The second-order valence-electron chi connectivity index (χ2n) is 4.62. The molecule has 6 heteroatoms. The number of carbonyl (C=O) groups is 1. The van der Waals surface area contributed by atoms with Gasteiger partial charge >= 0.3 is 0 Å². The number of primary amides is 1. The molecule has 6 nitrogen and oxygen atoms in total. The van der Waals surface area contributed by atoms with E-state index in [2.05, 4.69) is 20.2 Å². The van der Waals surface area contributed by atoms with Crippen molar-refractivity contribution in [2.24, 2.45) is 11.7 Å². The van der Waals surface area contributed by atoms with Gasteiger partial charge in [-0.1, -0.05) is 0 Å². The van der Waals surface area contributed by atoms with Crippen LogP contribution in [0.5, 0.6) is 0 Å². The second kappa shape index (κ2) is 5.77. The first kappa shape index (κ1) is 12.8. The number of rotatable bonds is 4. The molecule has 1 atom stereocenters. The van der Waals surface area contributed by atoms with Crippen molar-refractivity contribution < 1.29 is 4.79 Å². The van der Waals surface area contributed by atoms with Crippen LogP contribution in [0.1, 0.15) is 18.5 Å². The molecule has 2 rings (SSSR count). The Morgan fingerprint density at radius 1 is 1.56 bits per heavy atom. The van der Waals surface area contributed by atoms with E-state index in [-0.39, 0.29) is 11.8 Å². The normalized spacial score (nSPS) is 20.6. The Morgan fingerprint density at radius 3 is 3.00 bits per heavy atom. The quantitative estimate of drug-likeness (QED) is 0.797. The first-order chi connectivity index (χ1) is 8.69. The number of nitrogens with one attached hydrogen (secondary N) is 1. The first-order valence-electron chi connectivity index (χ1n) is 6.19. The van der Waals surface area contributed by atoms with Crippen LogP contribution in [0.25, 0.3) is 0 Å². The van der Waals surface area contributed by atoms with Crippen LogP contribution in [0.4, 0.5) is 5.82 Å². The van der Waals surface area contributed by atoms with E-state index in [1.807, 2.05) is 7.05 Å². The van der Waals surface area contributed by atoms with Crippen LogP contribution in [-0.4, -0.2) is 40.9 Å². The van der Waals surface area contributed by atoms with Crippen LogP contribution in [0.15, 0.2) is 12.4 Å². The Balaban J connectivity index is 1.93. The Labute approximate surface area is 107 Å². The highest BCUT2D eigenvalue weighted by Gasteiger charge is 2.24. The standard InChI is InChI=1S/C12H19N5O/c1-14-11-6-15-10(5-16-11)8-17-4-2-3-9(7-17)12(13)18/h5-6,9H,2-4,7-8H2,1H3,(H2,13,18)(H,14,16). The molecule has 1 aromatic rings. The van der Waals surface area contributed by atoms with E-state index in [1.54, 1.807) is 12.4 Å². The van der Waals surface area contributed by atoms with Crippen molar-refractivity contribution in [3.05, 3.63) is 18.1 Å². The van der Waals surface area contributed by atoms with E-state index >= 15 is 0 Å². The van der Waals surface area contributed by atoms with Crippen molar-refractivity contribution in [1.29, 1.82) is 0 Å². The zero-order chi connectivity index (χ0) is 13.0. The lowest BCUT2D eigenvalue weighted by molar-refractivity contribution is -0.123. The predicted octanol–water partition coefficient (Wildman–Crippen LogP) is 0.216. The smallest absolute Gasteiger partial charge is 0.221 e. The maximum Gasteiger partial charge on any atom is 0.221 e. The topological polar surface area (TPSA) is 84.1 Å². The summed E-state index contributed by atoms with van der Waals surface area (Å²) in [4.78, 5) is 22.0. The molecule has 0 bridgehead atoms. The van der Waals surface area contributed by atoms with Crippen LogP contribution in [0.3, 0.4) is 0 Å². The number of nitrogens with two attached hydrogens (primary N) is 1. The fraction of sp³-hybridized carbons (Fsp3) is 0.583. The fourth-order valence-electron chi connectivity index (χ4n) is 2.23. The highest BCUT2D eigenvalue weighted by atomic mass is 16.1. The summed E-state index contributed by atoms with van der Waals surface area (Å²) < 4.78 is 0. The van der Waals surface area contributed by atoms with Gasteiger partial charge in [0.25, 0.3) is 0 Å². The number of likely N-dealkylation sites (tertiary alicyclic amines) is 1. The lowest BCUT2D eigenvalue weighted by Gasteiger charge is -2.30. The zero-order valence-electron chi connectivity index (χ0n) is 10.6. The number of carbonyl (C=O) groups excluding carboxylic acids is 1. The van der Waals surface area contributed by atoms with Gasteiger partial charge in [0.05, 0.1) is 24.0 Å². The van der Waals surface area contributed by atoms with E-state index in [4.69, 9.17) is 5.73 Å². The molecule has 1 aromatic heterocycles. The number of aromatic nitrogens is 2. The Hall–Kier alpha value is -1.69. The van der Waals surface area contributed by atoms with Crippen LogP contribution in [0, 0.1) is 5.92 Å². The van der Waals surface area contributed by atoms with Crippen molar-refractivity contribution in [1.82, 2.24) is 14.9 Å². The lowest BCUT2D eigenvalue weighted by atomic mass is 9.97. The number of amides is 1. The summed E-state index contributed by atoms with van der Waals surface area (Å²) in [7, 11) is 1.81. The summed E-state index contributed by atoms with van der Waals surface area (Å²) in [5, 5.41) is 2.93. The van der Waals surface area contributed by atoms with Gasteiger partial charge < -0.3 is 11.1 Å². The van der Waals surface area contributed by atoms with Crippen LogP contribution >= 0.6 is 0 Å². The van der Waals surface area contributed by atoms with Gasteiger partial charge in [-0.15, -0.1) is 0 Å². The molecule has 18 heavy (non-hydrogen) atoms. The molecule has 1 saturated heterocycles. The highest BCUT2D eigenvalue weighted by molar-refractivity contribution is 5.76. The van der Waals surface area contributed by atoms with Crippen molar-refractivity contribution in [3.63, 3.8) is 0 Å². The van der Waals surface area contributed by atoms with Gasteiger partial charge in [0, 0.05) is 20.1 Å². The van der Waals surface area contributed by atoms with Crippen molar-refractivity contribution in [3.8, 4) is 0 Å². The number of nitrogens with zero attached hydrogens (tertiary/aromatic N) is 3. The average Bonchev–Trinajstić information content (AvgIpc) is 2.40. The van der Waals surface area contributed by atoms with E-state index in [1.165, 1.54) is 0 Å². The average molecular weight is 249 g/mol. The summed E-state index contributed by atoms with van der Waals surface area (Å²) in [5.41, 5.74) is 6.27. The van der Waals surface area contributed by atoms with Gasteiger partial charge in [0.1, 0.15) is 5.82 Å². The number of anilines is 1. The molecule has 0 aliphatic carbocycles. The summed E-state index contributed by atoms with van der Waals surface area (Å²) in [5.74, 6) is 0.534. The molecule has 3 N–H and O–H groups in total. The van der Waals surface area contributed by atoms with Gasteiger partial charge in [0.2, 0.25) is 5.91 Å². The summed E-state index contributed by atoms with van der Waals surface area (Å²) in [6, 6.07) is 0. The third-order valence-corrected chi connectivity index (χ3v) is 3.25. The lowest BCUT2D eigenvalue weighted by Crippen LogP contribution is -2.40. The fourth-order valence-corrected chi connectivity index (χ4v) is 2.23. The second-order valence-corrected chi connectivity index (χ2v) is 4.62. The minimum Gasteiger partial charge on any atom is -0.372 e. The largest absolute Gasteiger partial charge is 0.372 e. The molecule has 0 aromatic carbocycles.